The lowest BCUT2D eigenvalue weighted by molar-refractivity contribution is -0.114. The number of aliphatic hydroxyl groups excluding tert-OH is 1. The summed E-state index contributed by atoms with van der Waals surface area (Å²) in [5.41, 5.74) is 3.42. The van der Waals surface area contributed by atoms with E-state index in [2.05, 4.69) is 29.6 Å². The first-order valence-electron chi connectivity index (χ1n) is 9.00. The second-order valence-electron chi connectivity index (χ2n) is 6.58. The Hall–Kier alpha value is -1.82. The Morgan fingerprint density at radius 2 is 2.04 bits per heavy atom. The zero-order valence-corrected chi connectivity index (χ0v) is 15.8. The van der Waals surface area contributed by atoms with Crippen LogP contribution >= 0.6 is 11.8 Å². The number of fused-ring (bicyclic) bond motifs is 1. The third-order valence-corrected chi connectivity index (χ3v) is 5.58. The first kappa shape index (κ1) is 19.0. The van der Waals surface area contributed by atoms with E-state index in [1.165, 1.54) is 18.1 Å². The van der Waals surface area contributed by atoms with Crippen LogP contribution in [0, 0.1) is 0 Å². The molecule has 0 aromatic heterocycles. The lowest BCUT2D eigenvalue weighted by Gasteiger charge is -2.26. The van der Waals surface area contributed by atoms with E-state index in [9.17, 15) is 9.90 Å². The first-order chi connectivity index (χ1) is 12.6. The van der Waals surface area contributed by atoms with E-state index in [0.29, 0.717) is 12.4 Å². The van der Waals surface area contributed by atoms with E-state index in [1.807, 2.05) is 24.3 Å². The second-order valence-corrected chi connectivity index (χ2v) is 7.68. The van der Waals surface area contributed by atoms with Crippen LogP contribution in [0.3, 0.4) is 0 Å². The van der Waals surface area contributed by atoms with Crippen molar-refractivity contribution in [3.05, 3.63) is 59.7 Å². The van der Waals surface area contributed by atoms with E-state index in [0.717, 1.165) is 29.8 Å². The molecule has 0 heterocycles. The molecule has 0 unspecified atom stereocenters. The average Bonchev–Trinajstić information content (AvgIpc) is 2.65. The van der Waals surface area contributed by atoms with Gasteiger partial charge >= 0.3 is 0 Å². The third-order valence-electron chi connectivity index (χ3n) is 4.42. The van der Waals surface area contributed by atoms with Crippen molar-refractivity contribution < 1.29 is 14.6 Å². The number of anilines is 1. The molecule has 2 N–H and O–H groups in total. The number of hydrogen-bond acceptors (Lipinski definition) is 4. The number of thioether (sulfide) groups is 1. The number of ether oxygens (including phenoxy) is 1. The summed E-state index contributed by atoms with van der Waals surface area (Å²) in [6, 6.07) is 16.1. The predicted molar refractivity (Wildman–Crippen MR) is 106 cm³/mol. The lowest BCUT2D eigenvalue weighted by atomic mass is 9.89. The number of benzene rings is 2. The van der Waals surface area contributed by atoms with Crippen LogP contribution in [0.4, 0.5) is 5.69 Å². The number of carbonyl (C=O) groups is 1. The van der Waals surface area contributed by atoms with Crippen LogP contribution in [0.15, 0.2) is 53.4 Å². The van der Waals surface area contributed by atoms with Gasteiger partial charge in [-0.25, -0.2) is 0 Å². The second kappa shape index (κ2) is 9.21. The average molecular weight is 372 g/mol. The van der Waals surface area contributed by atoms with Gasteiger partial charge in [0.15, 0.2) is 0 Å². The van der Waals surface area contributed by atoms with E-state index < -0.39 is 6.10 Å². The van der Waals surface area contributed by atoms with Crippen molar-refractivity contribution in [2.45, 2.75) is 43.3 Å². The zero-order valence-electron chi connectivity index (χ0n) is 15.0. The number of rotatable bonds is 7. The van der Waals surface area contributed by atoms with Crippen LogP contribution in [0.1, 0.15) is 37.0 Å². The van der Waals surface area contributed by atoms with Gasteiger partial charge in [0, 0.05) is 23.3 Å². The Bertz CT molecular complexity index is 732. The summed E-state index contributed by atoms with van der Waals surface area (Å²) < 4.78 is 6.01. The van der Waals surface area contributed by atoms with Crippen molar-refractivity contribution in [3.8, 4) is 0 Å². The number of nitrogens with one attached hydrogen (secondary N) is 1. The summed E-state index contributed by atoms with van der Waals surface area (Å²) in [6.07, 6.45) is 2.85. The molecule has 2 atom stereocenters. The predicted octanol–water partition coefficient (Wildman–Crippen LogP) is 4.19. The molecule has 0 aliphatic heterocycles. The van der Waals surface area contributed by atoms with Crippen LogP contribution in [0.25, 0.3) is 0 Å². The third kappa shape index (κ3) is 5.34. The SMILES string of the molecule is CC(=O)Nc1ccc(SC[C@@H](O)CO[C@H]2CCCc3ccccc32)cc1. The van der Waals surface area contributed by atoms with Crippen LogP contribution in [0.5, 0.6) is 0 Å². The summed E-state index contributed by atoms with van der Waals surface area (Å²) in [7, 11) is 0. The topological polar surface area (TPSA) is 58.6 Å². The summed E-state index contributed by atoms with van der Waals surface area (Å²) in [4.78, 5) is 12.1. The fourth-order valence-corrected chi connectivity index (χ4v) is 4.00. The molecule has 0 radical (unpaired) electrons. The molecule has 0 saturated heterocycles. The Labute approximate surface area is 159 Å². The van der Waals surface area contributed by atoms with E-state index in [-0.39, 0.29) is 12.0 Å². The molecule has 3 rings (SSSR count). The van der Waals surface area contributed by atoms with E-state index in [4.69, 9.17) is 4.74 Å². The molecule has 1 amide bonds. The van der Waals surface area contributed by atoms with Crippen molar-refractivity contribution in [2.24, 2.45) is 0 Å². The number of aliphatic hydroxyl groups is 1. The lowest BCUT2D eigenvalue weighted by Crippen LogP contribution is -2.22. The normalized spacial score (nSPS) is 17.4. The summed E-state index contributed by atoms with van der Waals surface area (Å²) in [5.74, 6) is 0.496. The van der Waals surface area contributed by atoms with E-state index >= 15 is 0 Å². The molecular weight excluding hydrogens is 346 g/mol. The molecule has 2 aromatic rings. The van der Waals surface area contributed by atoms with Gasteiger partial charge in [0.1, 0.15) is 0 Å². The Kier molecular flexibility index (Phi) is 6.72. The van der Waals surface area contributed by atoms with Crippen molar-refractivity contribution in [1.82, 2.24) is 0 Å². The molecule has 0 spiro atoms. The molecule has 5 heteroatoms. The highest BCUT2D eigenvalue weighted by molar-refractivity contribution is 7.99. The number of amides is 1. The molecular formula is C21H25NO3S. The molecule has 2 aromatic carbocycles. The van der Waals surface area contributed by atoms with Gasteiger partial charge in [-0.05, 0) is 54.7 Å². The van der Waals surface area contributed by atoms with Crippen molar-refractivity contribution in [3.63, 3.8) is 0 Å². The van der Waals surface area contributed by atoms with Crippen LogP contribution < -0.4 is 5.32 Å². The Morgan fingerprint density at radius 3 is 2.81 bits per heavy atom. The minimum atomic E-state index is -0.510. The maximum absolute atomic E-state index is 11.0. The van der Waals surface area contributed by atoms with Gasteiger partial charge in [0.25, 0.3) is 0 Å². The number of aryl methyl sites for hydroxylation is 1. The number of hydrogen-bond donors (Lipinski definition) is 2. The summed E-state index contributed by atoms with van der Waals surface area (Å²) in [5, 5.41) is 13.0. The van der Waals surface area contributed by atoms with Crippen LogP contribution in [-0.4, -0.2) is 29.5 Å². The molecule has 4 nitrogen and oxygen atoms in total. The molecule has 26 heavy (non-hydrogen) atoms. The van der Waals surface area contributed by atoms with Gasteiger partial charge in [-0.3, -0.25) is 4.79 Å². The molecule has 0 bridgehead atoms. The highest BCUT2D eigenvalue weighted by atomic mass is 32.2. The first-order valence-corrected chi connectivity index (χ1v) is 9.98. The highest BCUT2D eigenvalue weighted by Gasteiger charge is 2.21. The van der Waals surface area contributed by atoms with Gasteiger partial charge < -0.3 is 15.2 Å². The highest BCUT2D eigenvalue weighted by Crippen LogP contribution is 2.32. The standard InChI is InChI=1S/C21H25NO3S/c1-15(23)22-17-9-11-19(12-10-17)26-14-18(24)13-25-21-8-4-6-16-5-2-3-7-20(16)21/h2-3,5,7,9-12,18,21,24H,4,6,8,13-14H2,1H3,(H,22,23)/t18-,21-/m0/s1. The van der Waals surface area contributed by atoms with Crippen molar-refractivity contribution >= 4 is 23.4 Å². The minimum Gasteiger partial charge on any atom is -0.390 e. The fourth-order valence-electron chi connectivity index (χ4n) is 3.19. The largest absolute Gasteiger partial charge is 0.390 e. The fraction of sp³-hybridized carbons (Fsp3) is 0.381. The number of carbonyl (C=O) groups excluding carboxylic acids is 1. The van der Waals surface area contributed by atoms with E-state index in [1.54, 1.807) is 11.8 Å². The minimum absolute atomic E-state index is 0.0812. The van der Waals surface area contributed by atoms with Crippen molar-refractivity contribution in [2.75, 3.05) is 17.7 Å². The maximum atomic E-state index is 11.0. The smallest absolute Gasteiger partial charge is 0.221 e. The molecule has 0 fully saturated rings. The van der Waals surface area contributed by atoms with Gasteiger partial charge in [0.2, 0.25) is 5.91 Å². The monoisotopic (exact) mass is 371 g/mol. The molecule has 1 aliphatic rings. The van der Waals surface area contributed by atoms with Crippen molar-refractivity contribution in [1.29, 1.82) is 0 Å². The molecule has 0 saturated carbocycles. The quantitative estimate of drug-likeness (QED) is 0.717. The van der Waals surface area contributed by atoms with Gasteiger partial charge in [-0.15, -0.1) is 11.8 Å². The zero-order chi connectivity index (χ0) is 18.4. The molecule has 1 aliphatic carbocycles. The Balaban J connectivity index is 1.45. The van der Waals surface area contributed by atoms with Crippen LogP contribution in [0.2, 0.25) is 0 Å². The molecule has 138 valence electrons. The van der Waals surface area contributed by atoms with Gasteiger partial charge in [-0.2, -0.15) is 0 Å². The van der Waals surface area contributed by atoms with Gasteiger partial charge in [0.05, 0.1) is 18.8 Å². The van der Waals surface area contributed by atoms with Crippen LogP contribution in [-0.2, 0) is 16.0 Å². The van der Waals surface area contributed by atoms with Gasteiger partial charge in [-0.1, -0.05) is 24.3 Å². The summed E-state index contributed by atoms with van der Waals surface area (Å²) >= 11 is 1.59. The maximum Gasteiger partial charge on any atom is 0.221 e. The summed E-state index contributed by atoms with van der Waals surface area (Å²) in [6.45, 7) is 1.83. The Morgan fingerprint density at radius 1 is 1.27 bits per heavy atom.